The normalized spacial score (nSPS) is 27.9. The van der Waals surface area contributed by atoms with E-state index in [9.17, 15) is 0 Å². The van der Waals surface area contributed by atoms with Crippen LogP contribution in [-0.4, -0.2) is 85.2 Å². The van der Waals surface area contributed by atoms with Crippen LogP contribution in [0.1, 0.15) is 133 Å². The molecule has 3 saturated heterocycles. The smallest absolute Gasteiger partial charge is 1.00 e. The summed E-state index contributed by atoms with van der Waals surface area (Å²) in [5, 5.41) is 6.38. The molecule has 4 aliphatic heterocycles. The molecule has 4 aliphatic rings. The third kappa shape index (κ3) is 9.43. The number of benzene rings is 2. The summed E-state index contributed by atoms with van der Waals surface area (Å²) in [4.78, 5) is 19.9. The maximum absolute atomic E-state index is 5.07. The van der Waals surface area contributed by atoms with E-state index in [0.717, 1.165) is 43.4 Å². The van der Waals surface area contributed by atoms with Gasteiger partial charge in [0.2, 0.25) is 0 Å². The van der Waals surface area contributed by atoms with Gasteiger partial charge in [-0.05, 0) is 160 Å². The summed E-state index contributed by atoms with van der Waals surface area (Å²) < 4.78 is 2.67. The van der Waals surface area contributed by atoms with E-state index in [4.69, 9.17) is 15.0 Å². The van der Waals surface area contributed by atoms with Crippen molar-refractivity contribution in [1.82, 2.24) is 25.1 Å². The second kappa shape index (κ2) is 17.3. The Bertz CT molecular complexity index is 1830. The van der Waals surface area contributed by atoms with Crippen LogP contribution < -0.4 is 34.9 Å². The molecule has 0 bridgehead atoms. The van der Waals surface area contributed by atoms with E-state index in [1.54, 1.807) is 0 Å². The molecule has 1 N–H and O–H groups in total. The first kappa shape index (κ1) is 42.0. The van der Waals surface area contributed by atoms with Gasteiger partial charge in [0.1, 0.15) is 0 Å². The number of nitrogens with zero attached hydrogens (tertiary/aromatic N) is 5. The number of likely N-dealkylation sites (tertiary alicyclic amines) is 2. The fraction of sp³-hybridized carbons (Fsp3) is 0.643. The number of hydrogen-bond acceptors (Lipinski definition) is 8. The van der Waals surface area contributed by atoms with Crippen LogP contribution in [-0.2, 0) is 0 Å². The number of piperidine rings is 3. The molecule has 275 valence electrons. The predicted molar refractivity (Wildman–Crippen MR) is 222 cm³/mol. The number of thiazole rings is 2. The molecule has 6 nitrogen and oxygen atoms in total. The van der Waals surface area contributed by atoms with E-state index in [-0.39, 0.29) is 50.5 Å². The van der Waals surface area contributed by atoms with Crippen LogP contribution >= 0.6 is 22.7 Å². The van der Waals surface area contributed by atoms with Gasteiger partial charge in [0.05, 0.1) is 30.4 Å². The van der Waals surface area contributed by atoms with Gasteiger partial charge in [-0.3, -0.25) is 4.99 Å². The Labute approximate surface area is 347 Å². The first-order chi connectivity index (χ1) is 23.8. The van der Waals surface area contributed by atoms with Crippen molar-refractivity contribution < 1.29 is 31.0 Å². The molecule has 0 saturated carbocycles. The molecule has 6 heterocycles. The van der Waals surface area contributed by atoms with Crippen molar-refractivity contribution in [3.63, 3.8) is 0 Å². The summed E-state index contributed by atoms with van der Waals surface area (Å²) in [6, 6.07) is 14.2. The van der Waals surface area contributed by atoms with E-state index in [2.05, 4.69) is 107 Å². The molecule has 52 heavy (non-hydrogen) atoms. The summed E-state index contributed by atoms with van der Waals surface area (Å²) >= 11 is 3.80. The molecule has 2 aromatic heterocycles. The summed E-state index contributed by atoms with van der Waals surface area (Å²) in [5.41, 5.74) is 6.87. The van der Waals surface area contributed by atoms with Gasteiger partial charge < -0.3 is 16.5 Å². The molecule has 0 spiro atoms. The largest absolute Gasteiger partial charge is 1.00 e. The average molecular weight is 748 g/mol. The third-order valence-corrected chi connectivity index (χ3v) is 15.0. The van der Waals surface area contributed by atoms with Crippen LogP contribution in [0.4, 0.5) is 0 Å². The topological polar surface area (TPSA) is 56.7 Å². The summed E-state index contributed by atoms with van der Waals surface area (Å²) in [6.07, 6.45) is 9.77. The molecule has 0 amide bonds. The minimum absolute atomic E-state index is 0. The molecule has 2 aromatic carbocycles. The second-order valence-electron chi connectivity index (χ2n) is 17.4. The Morgan fingerprint density at radius 2 is 1.33 bits per heavy atom. The fourth-order valence-electron chi connectivity index (χ4n) is 8.44. The zero-order valence-electron chi connectivity index (χ0n) is 34.5. The van der Waals surface area contributed by atoms with Gasteiger partial charge in [0, 0.05) is 49.6 Å². The van der Waals surface area contributed by atoms with Crippen molar-refractivity contribution in [1.29, 1.82) is 0 Å². The van der Waals surface area contributed by atoms with Crippen LogP contribution in [0.5, 0.6) is 0 Å². The molecule has 10 heteroatoms. The molecular weight excluding hydrogens is 686 g/mol. The van der Waals surface area contributed by atoms with E-state index in [1.807, 2.05) is 22.7 Å². The van der Waals surface area contributed by atoms with Gasteiger partial charge in [-0.15, -0.1) is 22.7 Å². The number of aromatic nitrogens is 2. The van der Waals surface area contributed by atoms with E-state index in [1.165, 1.54) is 93.3 Å². The first-order valence-electron chi connectivity index (χ1n) is 19.3. The van der Waals surface area contributed by atoms with Gasteiger partial charge in [-0.2, -0.15) is 0 Å². The Kier molecular flexibility index (Phi) is 14.0. The Morgan fingerprint density at radius 3 is 1.85 bits per heavy atom. The van der Waals surface area contributed by atoms with Crippen LogP contribution in [0.3, 0.4) is 0 Å². The zero-order chi connectivity index (χ0) is 35.2. The van der Waals surface area contributed by atoms with Crippen molar-refractivity contribution in [2.45, 2.75) is 122 Å². The maximum atomic E-state index is 5.07. The monoisotopic (exact) mass is 747 g/mol. The third-order valence-electron chi connectivity index (χ3n) is 12.6. The molecule has 3 fully saturated rings. The van der Waals surface area contributed by atoms with Crippen LogP contribution in [0.25, 0.3) is 20.4 Å². The molecule has 4 aromatic rings. The Hall–Kier alpha value is -1.17. The fourth-order valence-corrected chi connectivity index (χ4v) is 10.6. The summed E-state index contributed by atoms with van der Waals surface area (Å²) in [5.74, 6) is 2.74. The minimum atomic E-state index is 0. The van der Waals surface area contributed by atoms with Crippen LogP contribution in [0, 0.1) is 11.8 Å². The molecule has 2 unspecified atom stereocenters. The maximum Gasteiger partial charge on any atom is 1.00 e. The van der Waals surface area contributed by atoms with Crippen molar-refractivity contribution in [3.8, 4) is 0 Å². The quantitative estimate of drug-likeness (QED) is 0.234. The van der Waals surface area contributed by atoms with Gasteiger partial charge in [0.25, 0.3) is 0 Å². The molecule has 8 rings (SSSR count). The van der Waals surface area contributed by atoms with Crippen LogP contribution in [0.2, 0.25) is 0 Å². The Morgan fingerprint density at radius 1 is 0.750 bits per heavy atom. The number of rotatable bonds is 4. The first-order valence-corrected chi connectivity index (χ1v) is 21.0. The molecule has 5 atom stereocenters. The van der Waals surface area contributed by atoms with Gasteiger partial charge in [-0.25, -0.2) is 9.97 Å². The van der Waals surface area contributed by atoms with Crippen molar-refractivity contribution in [2.24, 2.45) is 16.8 Å². The number of fused-ring (bicyclic) bond motifs is 2. The van der Waals surface area contributed by atoms with Crippen molar-refractivity contribution in [2.75, 3.05) is 40.3 Å². The zero-order valence-corrected chi connectivity index (χ0v) is 37.1. The average Bonchev–Trinajstić information content (AvgIpc) is 3.72. The van der Waals surface area contributed by atoms with E-state index in [0.29, 0.717) is 17.9 Å². The Balaban J connectivity index is 0.000000224. The minimum Gasteiger partial charge on any atom is -1.00 e. The molecular formula is C42H61BN6NaS2. The van der Waals surface area contributed by atoms with Crippen molar-refractivity contribution in [3.05, 3.63) is 57.5 Å². The predicted octanol–water partition coefficient (Wildman–Crippen LogP) is 6.78. The molecule has 3 radical (unpaired) electrons. The standard InChI is InChI=1S/C21H31N3S.C21H29N3S.B.Na.H/c2*1-14-5-7-17(22-13-14)15-6-8-19-18(11-15)23-20(25-19)16-9-10-24(4)21(2,3)12-16;;;/h6,8,11,14,16-17,22H,5,7,9-10,12-13H2,1-4H3;6,8,11,14,16H,5,7,9-10,12-13H2,1-4H3;;;/q;;;+1;-1/t14-,16?,17+;14-,16?;;;/m00.../s1. The SMILES string of the molecule is C[C@H]1CCC(c2ccc3sc(C4CCN(C)C(C)(C)C4)nc3c2)=NC1.C[C@H]1CC[C@H](c2ccc3sc(C4CCN(C)C(C)(C)C4)nc3c2)NC1.[B].[H-].[Na+]. The number of hydrogen-bond donors (Lipinski definition) is 1. The van der Waals surface area contributed by atoms with E-state index < -0.39 is 0 Å². The molecule has 0 aliphatic carbocycles. The van der Waals surface area contributed by atoms with E-state index >= 15 is 0 Å². The summed E-state index contributed by atoms with van der Waals surface area (Å²) in [6.45, 7) is 18.5. The van der Waals surface area contributed by atoms with Crippen molar-refractivity contribution >= 4 is 57.2 Å². The van der Waals surface area contributed by atoms with Gasteiger partial charge in [0.15, 0.2) is 0 Å². The summed E-state index contributed by atoms with van der Waals surface area (Å²) in [7, 11) is 4.49. The van der Waals surface area contributed by atoms with Crippen LogP contribution in [0.15, 0.2) is 41.4 Å². The number of aliphatic imine (C=N–C) groups is 1. The number of nitrogens with one attached hydrogen (secondary N) is 1. The van der Waals surface area contributed by atoms with Gasteiger partial charge in [-0.1, -0.05) is 26.0 Å². The second-order valence-corrected chi connectivity index (χ2v) is 19.6. The van der Waals surface area contributed by atoms with Gasteiger partial charge >= 0.3 is 29.6 Å².